The van der Waals surface area contributed by atoms with Gasteiger partial charge < -0.3 is 4.90 Å². The van der Waals surface area contributed by atoms with Crippen molar-refractivity contribution in [2.75, 3.05) is 13.1 Å². The first-order chi connectivity index (χ1) is 6.86. The molecule has 0 saturated carbocycles. The van der Waals surface area contributed by atoms with Crippen LogP contribution in [0.4, 0.5) is 0 Å². The summed E-state index contributed by atoms with van der Waals surface area (Å²) in [4.78, 5) is 2.24. The van der Waals surface area contributed by atoms with Gasteiger partial charge in [-0.15, -0.1) is 0 Å². The van der Waals surface area contributed by atoms with E-state index in [-0.39, 0.29) is 0 Å². The number of hydrogen-bond acceptors (Lipinski definition) is 1. The lowest BCUT2D eigenvalue weighted by atomic mass is 10.1. The van der Waals surface area contributed by atoms with Crippen molar-refractivity contribution < 1.29 is 0 Å². The molecule has 1 aromatic rings. The van der Waals surface area contributed by atoms with Crippen molar-refractivity contribution in [1.82, 2.24) is 4.90 Å². The lowest BCUT2D eigenvalue weighted by Crippen LogP contribution is -2.17. The van der Waals surface area contributed by atoms with E-state index in [0.29, 0.717) is 0 Å². The molecule has 0 aliphatic carbocycles. The van der Waals surface area contributed by atoms with Crippen molar-refractivity contribution in [3.63, 3.8) is 0 Å². The SMILES string of the molecule is C=CN(CC)CCCc1ccccc1. The fourth-order valence-electron chi connectivity index (χ4n) is 1.51. The van der Waals surface area contributed by atoms with Crippen LogP contribution in [0.3, 0.4) is 0 Å². The predicted octanol–water partition coefficient (Wildman–Crippen LogP) is 3.08. The van der Waals surface area contributed by atoms with E-state index in [4.69, 9.17) is 0 Å². The Bertz CT molecular complexity index is 253. The molecule has 1 aromatic carbocycles. The van der Waals surface area contributed by atoms with Crippen LogP contribution in [0.2, 0.25) is 0 Å². The number of rotatable bonds is 6. The van der Waals surface area contributed by atoms with Crippen LogP contribution in [-0.2, 0) is 6.42 Å². The summed E-state index contributed by atoms with van der Waals surface area (Å²) in [6.45, 7) is 8.10. The van der Waals surface area contributed by atoms with Gasteiger partial charge in [-0.3, -0.25) is 0 Å². The predicted molar refractivity (Wildman–Crippen MR) is 62.2 cm³/mol. The molecule has 1 rings (SSSR count). The minimum Gasteiger partial charge on any atom is -0.378 e. The summed E-state index contributed by atoms with van der Waals surface area (Å²) in [6, 6.07) is 10.6. The zero-order valence-corrected chi connectivity index (χ0v) is 8.95. The summed E-state index contributed by atoms with van der Waals surface area (Å²) >= 11 is 0. The van der Waals surface area contributed by atoms with Gasteiger partial charge in [-0.1, -0.05) is 36.9 Å². The zero-order chi connectivity index (χ0) is 10.2. The fraction of sp³-hybridized carbons (Fsp3) is 0.385. The average molecular weight is 189 g/mol. The molecular formula is C13H19N. The molecule has 0 radical (unpaired) electrons. The molecule has 0 unspecified atom stereocenters. The van der Waals surface area contributed by atoms with E-state index in [1.165, 1.54) is 12.0 Å². The molecule has 14 heavy (non-hydrogen) atoms. The van der Waals surface area contributed by atoms with Crippen LogP contribution in [-0.4, -0.2) is 18.0 Å². The highest BCUT2D eigenvalue weighted by atomic mass is 15.1. The minimum absolute atomic E-state index is 1.05. The van der Waals surface area contributed by atoms with Gasteiger partial charge in [-0.25, -0.2) is 0 Å². The molecule has 0 atom stereocenters. The van der Waals surface area contributed by atoms with Crippen LogP contribution >= 0.6 is 0 Å². The van der Waals surface area contributed by atoms with E-state index in [0.717, 1.165) is 19.5 Å². The van der Waals surface area contributed by atoms with E-state index < -0.39 is 0 Å². The standard InChI is InChI=1S/C13H19N/c1-3-14(4-2)12-8-11-13-9-6-5-7-10-13/h3,5-7,9-10H,1,4,8,11-12H2,2H3. The van der Waals surface area contributed by atoms with Crippen LogP contribution in [0.15, 0.2) is 43.1 Å². The van der Waals surface area contributed by atoms with Crippen molar-refractivity contribution >= 4 is 0 Å². The summed E-state index contributed by atoms with van der Waals surface area (Å²) in [5.74, 6) is 0. The average Bonchev–Trinajstić information content (AvgIpc) is 2.26. The van der Waals surface area contributed by atoms with Crippen LogP contribution in [0.25, 0.3) is 0 Å². The van der Waals surface area contributed by atoms with Crippen molar-refractivity contribution in [2.24, 2.45) is 0 Å². The van der Waals surface area contributed by atoms with Crippen molar-refractivity contribution in [2.45, 2.75) is 19.8 Å². The molecule has 1 nitrogen and oxygen atoms in total. The van der Waals surface area contributed by atoms with Gasteiger partial charge in [0.05, 0.1) is 0 Å². The molecule has 0 fully saturated rings. The Labute approximate surface area is 87.1 Å². The van der Waals surface area contributed by atoms with Gasteiger partial charge in [0, 0.05) is 13.1 Å². The first-order valence-electron chi connectivity index (χ1n) is 5.27. The van der Waals surface area contributed by atoms with Crippen molar-refractivity contribution in [3.05, 3.63) is 48.7 Å². The molecule has 0 aliphatic rings. The maximum atomic E-state index is 3.78. The molecule has 0 heterocycles. The van der Waals surface area contributed by atoms with E-state index in [1.807, 2.05) is 6.20 Å². The highest BCUT2D eigenvalue weighted by Crippen LogP contribution is 2.03. The fourth-order valence-corrected chi connectivity index (χ4v) is 1.51. The molecule has 1 heteroatoms. The lowest BCUT2D eigenvalue weighted by molar-refractivity contribution is 0.390. The highest BCUT2D eigenvalue weighted by molar-refractivity contribution is 5.14. The smallest absolute Gasteiger partial charge is 0.0175 e. The topological polar surface area (TPSA) is 3.24 Å². The van der Waals surface area contributed by atoms with Crippen LogP contribution in [0.5, 0.6) is 0 Å². The zero-order valence-electron chi connectivity index (χ0n) is 8.95. The summed E-state index contributed by atoms with van der Waals surface area (Å²) in [5, 5.41) is 0. The second-order valence-electron chi connectivity index (χ2n) is 3.40. The van der Waals surface area contributed by atoms with Gasteiger partial charge in [0.15, 0.2) is 0 Å². The van der Waals surface area contributed by atoms with Gasteiger partial charge in [-0.05, 0) is 31.5 Å². The first-order valence-corrected chi connectivity index (χ1v) is 5.27. The van der Waals surface area contributed by atoms with Crippen molar-refractivity contribution in [3.8, 4) is 0 Å². The Morgan fingerprint density at radius 2 is 2.00 bits per heavy atom. The Balaban J connectivity index is 2.25. The molecule has 0 aromatic heterocycles. The third-order valence-corrected chi connectivity index (χ3v) is 2.42. The van der Waals surface area contributed by atoms with Crippen molar-refractivity contribution in [1.29, 1.82) is 0 Å². The molecule has 0 N–H and O–H groups in total. The number of nitrogens with zero attached hydrogens (tertiary/aromatic N) is 1. The maximum Gasteiger partial charge on any atom is 0.0175 e. The number of hydrogen-bond donors (Lipinski definition) is 0. The van der Waals surface area contributed by atoms with Gasteiger partial charge in [0.1, 0.15) is 0 Å². The largest absolute Gasteiger partial charge is 0.378 e. The Morgan fingerprint density at radius 3 is 2.57 bits per heavy atom. The summed E-state index contributed by atoms with van der Waals surface area (Å²) in [6.07, 6.45) is 4.28. The third-order valence-electron chi connectivity index (χ3n) is 2.42. The van der Waals surface area contributed by atoms with Gasteiger partial charge in [0.25, 0.3) is 0 Å². The number of benzene rings is 1. The van der Waals surface area contributed by atoms with Crippen LogP contribution in [0.1, 0.15) is 18.9 Å². The van der Waals surface area contributed by atoms with E-state index in [1.54, 1.807) is 0 Å². The third kappa shape index (κ3) is 3.65. The first kappa shape index (κ1) is 10.8. The maximum absolute atomic E-state index is 3.78. The lowest BCUT2D eigenvalue weighted by Gasteiger charge is -2.16. The molecule has 76 valence electrons. The van der Waals surface area contributed by atoms with Crippen LogP contribution in [0, 0.1) is 0 Å². The molecule has 0 bridgehead atoms. The molecular weight excluding hydrogens is 170 g/mol. The van der Waals surface area contributed by atoms with Gasteiger partial charge in [-0.2, -0.15) is 0 Å². The number of aryl methyl sites for hydroxylation is 1. The molecule has 0 spiro atoms. The Hall–Kier alpha value is -1.24. The Morgan fingerprint density at radius 1 is 1.29 bits per heavy atom. The van der Waals surface area contributed by atoms with E-state index in [9.17, 15) is 0 Å². The second kappa shape index (κ2) is 6.25. The van der Waals surface area contributed by atoms with E-state index >= 15 is 0 Å². The normalized spacial score (nSPS) is 9.79. The molecule has 0 saturated heterocycles. The van der Waals surface area contributed by atoms with Gasteiger partial charge in [0.2, 0.25) is 0 Å². The van der Waals surface area contributed by atoms with Crippen LogP contribution < -0.4 is 0 Å². The molecule has 0 amide bonds. The minimum atomic E-state index is 1.05. The van der Waals surface area contributed by atoms with Gasteiger partial charge >= 0.3 is 0 Å². The monoisotopic (exact) mass is 189 g/mol. The molecule has 0 aliphatic heterocycles. The highest BCUT2D eigenvalue weighted by Gasteiger charge is 1.95. The Kier molecular flexibility index (Phi) is 4.84. The summed E-state index contributed by atoms with van der Waals surface area (Å²) in [7, 11) is 0. The van der Waals surface area contributed by atoms with E-state index in [2.05, 4.69) is 48.7 Å². The second-order valence-corrected chi connectivity index (χ2v) is 3.40. The summed E-state index contributed by atoms with van der Waals surface area (Å²) < 4.78 is 0. The summed E-state index contributed by atoms with van der Waals surface area (Å²) in [5.41, 5.74) is 1.42. The quantitative estimate of drug-likeness (QED) is 0.664.